The van der Waals surface area contributed by atoms with Gasteiger partial charge in [0.2, 0.25) is 0 Å². The van der Waals surface area contributed by atoms with E-state index < -0.39 is 0 Å². The number of benzene rings is 1. The molecule has 0 atom stereocenters. The van der Waals surface area contributed by atoms with Crippen LogP contribution >= 0.6 is 15.9 Å². The highest BCUT2D eigenvalue weighted by Gasteiger charge is 1.89. The maximum Gasteiger partial charge on any atom is 0.0682 e. The Labute approximate surface area is 74.2 Å². The van der Waals surface area contributed by atoms with Crippen LogP contribution in [-0.4, -0.2) is 5.11 Å². The van der Waals surface area contributed by atoms with Crippen LogP contribution in [0.2, 0.25) is 0 Å². The van der Waals surface area contributed by atoms with Gasteiger partial charge in [0.15, 0.2) is 0 Å². The number of aliphatic hydroxyl groups excluding tert-OH is 1. The van der Waals surface area contributed by atoms with Crippen molar-refractivity contribution < 1.29 is 5.11 Å². The molecule has 2 heteroatoms. The van der Waals surface area contributed by atoms with Crippen molar-refractivity contribution in [2.45, 2.75) is 6.61 Å². The Balaban J connectivity index is 2.97. The highest BCUT2D eigenvalue weighted by atomic mass is 79.9. The first-order chi connectivity index (χ1) is 5.36. The lowest BCUT2D eigenvalue weighted by Gasteiger charge is -1.94. The fourth-order valence-corrected chi connectivity index (χ4v) is 1.03. The third kappa shape index (κ3) is 2.38. The summed E-state index contributed by atoms with van der Waals surface area (Å²) in [4.78, 5) is 2.62. The Kier molecular flexibility index (Phi) is 3.15. The van der Waals surface area contributed by atoms with Crippen molar-refractivity contribution in [3.63, 3.8) is 0 Å². The van der Waals surface area contributed by atoms with Crippen molar-refractivity contribution in [2.24, 2.45) is 0 Å². The molecule has 1 rings (SSSR count). The summed E-state index contributed by atoms with van der Waals surface area (Å²) in [5.74, 6) is 2.84. The Morgan fingerprint density at radius 3 is 2.91 bits per heavy atom. The zero-order valence-electron chi connectivity index (χ0n) is 5.84. The molecule has 0 aliphatic heterocycles. The molecule has 0 spiro atoms. The molecule has 0 radical (unpaired) electrons. The predicted octanol–water partition coefficient (Wildman–Crippen LogP) is 1.88. The molecule has 0 unspecified atom stereocenters. The van der Waals surface area contributed by atoms with E-state index in [1.54, 1.807) is 0 Å². The van der Waals surface area contributed by atoms with E-state index in [0.717, 1.165) is 11.1 Å². The Morgan fingerprint density at radius 2 is 2.27 bits per heavy atom. The van der Waals surface area contributed by atoms with Crippen LogP contribution in [0.3, 0.4) is 0 Å². The maximum atomic E-state index is 8.77. The summed E-state index contributed by atoms with van der Waals surface area (Å²) in [5, 5.41) is 8.77. The van der Waals surface area contributed by atoms with E-state index in [4.69, 9.17) is 5.11 Å². The molecular formula is C9H7BrO. The summed E-state index contributed by atoms with van der Waals surface area (Å²) < 4.78 is 0. The van der Waals surface area contributed by atoms with Gasteiger partial charge in [-0.25, -0.2) is 0 Å². The maximum absolute atomic E-state index is 8.77. The van der Waals surface area contributed by atoms with E-state index in [1.165, 1.54) is 0 Å². The third-order valence-electron chi connectivity index (χ3n) is 1.30. The molecule has 1 aromatic rings. The van der Waals surface area contributed by atoms with Gasteiger partial charge < -0.3 is 5.11 Å². The minimum atomic E-state index is 0.0673. The lowest BCUT2D eigenvalue weighted by atomic mass is 10.1. The van der Waals surface area contributed by atoms with Crippen molar-refractivity contribution in [1.82, 2.24) is 0 Å². The van der Waals surface area contributed by atoms with E-state index >= 15 is 0 Å². The monoisotopic (exact) mass is 210 g/mol. The second-order valence-corrected chi connectivity index (χ2v) is 2.47. The van der Waals surface area contributed by atoms with Crippen LogP contribution in [0.5, 0.6) is 0 Å². The Hall–Kier alpha value is -0.780. The standard InChI is InChI=1S/C9H7BrO/c10-5-4-8-2-1-3-9(6-8)7-11/h1-3,6,11H,7H2. The molecule has 1 N–H and O–H groups in total. The average molecular weight is 211 g/mol. The van der Waals surface area contributed by atoms with E-state index in [9.17, 15) is 0 Å². The first kappa shape index (κ1) is 8.32. The lowest BCUT2D eigenvalue weighted by molar-refractivity contribution is 0.282. The topological polar surface area (TPSA) is 20.2 Å². The largest absolute Gasteiger partial charge is 0.392 e. The molecule has 0 aliphatic carbocycles. The van der Waals surface area contributed by atoms with Gasteiger partial charge >= 0.3 is 0 Å². The molecule has 0 amide bonds. The molecule has 0 aromatic heterocycles. The summed E-state index contributed by atoms with van der Waals surface area (Å²) >= 11 is 3.01. The molecule has 0 saturated heterocycles. The van der Waals surface area contributed by atoms with E-state index in [2.05, 4.69) is 26.7 Å². The molecule has 1 aromatic carbocycles. The van der Waals surface area contributed by atoms with Gasteiger partial charge in [-0.1, -0.05) is 18.1 Å². The summed E-state index contributed by atoms with van der Waals surface area (Å²) in [5.41, 5.74) is 1.80. The lowest BCUT2D eigenvalue weighted by Crippen LogP contribution is -1.82. The fraction of sp³-hybridized carbons (Fsp3) is 0.111. The van der Waals surface area contributed by atoms with Crippen LogP contribution in [0.15, 0.2) is 24.3 Å². The smallest absolute Gasteiger partial charge is 0.0682 e. The van der Waals surface area contributed by atoms with Gasteiger partial charge in [-0.05, 0) is 22.5 Å². The van der Waals surface area contributed by atoms with Crippen molar-refractivity contribution >= 4 is 15.9 Å². The van der Waals surface area contributed by atoms with Crippen LogP contribution in [0.4, 0.5) is 0 Å². The highest BCUT2D eigenvalue weighted by molar-refractivity contribution is 9.12. The first-order valence-electron chi connectivity index (χ1n) is 3.18. The van der Waals surface area contributed by atoms with Crippen LogP contribution < -0.4 is 0 Å². The second kappa shape index (κ2) is 4.17. The van der Waals surface area contributed by atoms with Crippen molar-refractivity contribution in [1.29, 1.82) is 0 Å². The molecular weight excluding hydrogens is 204 g/mol. The minimum absolute atomic E-state index is 0.0673. The quantitative estimate of drug-likeness (QED) is 0.703. The van der Waals surface area contributed by atoms with E-state index in [1.807, 2.05) is 24.3 Å². The molecule has 11 heavy (non-hydrogen) atoms. The summed E-state index contributed by atoms with van der Waals surface area (Å²) in [6.07, 6.45) is 0. The molecule has 56 valence electrons. The molecule has 0 saturated carbocycles. The van der Waals surface area contributed by atoms with Gasteiger partial charge in [0.1, 0.15) is 0 Å². The van der Waals surface area contributed by atoms with E-state index in [-0.39, 0.29) is 6.61 Å². The zero-order chi connectivity index (χ0) is 8.10. The first-order valence-corrected chi connectivity index (χ1v) is 3.97. The van der Waals surface area contributed by atoms with Crippen LogP contribution in [0.1, 0.15) is 11.1 Å². The highest BCUT2D eigenvalue weighted by Crippen LogP contribution is 2.03. The fourth-order valence-electron chi connectivity index (χ4n) is 0.802. The normalized spacial score (nSPS) is 8.55. The summed E-state index contributed by atoms with van der Waals surface area (Å²) in [6.45, 7) is 0.0673. The number of halogens is 1. The Bertz CT molecular complexity index is 296. The van der Waals surface area contributed by atoms with Crippen LogP contribution in [-0.2, 0) is 6.61 Å². The SMILES string of the molecule is OCc1cccc(C#CBr)c1. The number of rotatable bonds is 1. The third-order valence-corrected chi connectivity index (χ3v) is 1.50. The van der Waals surface area contributed by atoms with Crippen molar-refractivity contribution in [2.75, 3.05) is 0 Å². The van der Waals surface area contributed by atoms with Gasteiger partial charge in [-0.2, -0.15) is 0 Å². The molecule has 0 aliphatic rings. The van der Waals surface area contributed by atoms with Crippen LogP contribution in [0.25, 0.3) is 0 Å². The molecule has 0 bridgehead atoms. The van der Waals surface area contributed by atoms with Crippen molar-refractivity contribution in [3.8, 4) is 10.8 Å². The number of hydrogen-bond acceptors (Lipinski definition) is 1. The molecule has 1 nitrogen and oxygen atoms in total. The van der Waals surface area contributed by atoms with Gasteiger partial charge in [0.05, 0.1) is 6.61 Å². The zero-order valence-corrected chi connectivity index (χ0v) is 7.43. The van der Waals surface area contributed by atoms with Crippen molar-refractivity contribution in [3.05, 3.63) is 35.4 Å². The summed E-state index contributed by atoms with van der Waals surface area (Å²) in [7, 11) is 0. The van der Waals surface area contributed by atoms with Gasteiger partial charge in [-0.15, -0.1) is 0 Å². The summed E-state index contributed by atoms with van der Waals surface area (Å²) in [6, 6.07) is 7.49. The molecule has 0 fully saturated rings. The predicted molar refractivity (Wildman–Crippen MR) is 48.2 cm³/mol. The van der Waals surface area contributed by atoms with Gasteiger partial charge in [0, 0.05) is 21.5 Å². The number of hydrogen-bond donors (Lipinski definition) is 1. The second-order valence-electron chi connectivity index (χ2n) is 2.08. The minimum Gasteiger partial charge on any atom is -0.392 e. The van der Waals surface area contributed by atoms with E-state index in [0.29, 0.717) is 0 Å². The number of aliphatic hydroxyl groups is 1. The van der Waals surface area contributed by atoms with Crippen LogP contribution in [0, 0.1) is 10.8 Å². The van der Waals surface area contributed by atoms with Gasteiger partial charge in [-0.3, -0.25) is 0 Å². The Morgan fingerprint density at radius 1 is 1.45 bits per heavy atom. The van der Waals surface area contributed by atoms with Gasteiger partial charge in [0.25, 0.3) is 0 Å². The average Bonchev–Trinajstić information content (AvgIpc) is 2.06. The molecule has 0 heterocycles.